The van der Waals surface area contributed by atoms with Crippen LogP contribution in [0.1, 0.15) is 43.1 Å². The second-order valence-electron chi connectivity index (χ2n) is 9.47. The quantitative estimate of drug-likeness (QED) is 0.119. The van der Waals surface area contributed by atoms with Gasteiger partial charge in [-0.25, -0.2) is 4.99 Å². The van der Waals surface area contributed by atoms with Gasteiger partial charge in [0.25, 0.3) is 5.91 Å². The number of carbonyl (C=O) groups is 1. The number of ether oxygens (including phenoxy) is 2. The number of nitrogens with one attached hydrogen (secondary N) is 1. The maximum absolute atomic E-state index is 14.0. The van der Waals surface area contributed by atoms with Gasteiger partial charge in [0.1, 0.15) is 5.75 Å². The fourth-order valence-corrected chi connectivity index (χ4v) is 4.67. The molecule has 1 amide bonds. The van der Waals surface area contributed by atoms with E-state index in [-0.39, 0.29) is 25.0 Å². The van der Waals surface area contributed by atoms with Crippen LogP contribution in [0.25, 0.3) is 10.4 Å². The van der Waals surface area contributed by atoms with Gasteiger partial charge >= 0.3 is 0 Å². The molecule has 10 heteroatoms. The molecular weight excluding hydrogens is 562 g/mol. The highest BCUT2D eigenvalue weighted by molar-refractivity contribution is 9.10. The van der Waals surface area contributed by atoms with Gasteiger partial charge in [0.05, 0.1) is 6.61 Å². The zero-order valence-electron chi connectivity index (χ0n) is 21.8. The molecule has 0 aromatic heterocycles. The average Bonchev–Trinajstić information content (AvgIpc) is 3.31. The van der Waals surface area contributed by atoms with E-state index in [1.165, 1.54) is 0 Å². The predicted octanol–water partition coefficient (Wildman–Crippen LogP) is 6.18. The second kappa shape index (κ2) is 12.8. The van der Waals surface area contributed by atoms with Crippen LogP contribution in [-0.2, 0) is 16.0 Å². The molecule has 202 valence electrons. The Morgan fingerprint density at radius 2 is 1.90 bits per heavy atom. The number of aliphatic hydroxyl groups excluding tert-OH is 1. The molecule has 39 heavy (non-hydrogen) atoms. The molecular formula is C29H30BrN5O4. The van der Waals surface area contributed by atoms with Crippen molar-refractivity contribution in [1.29, 1.82) is 0 Å². The van der Waals surface area contributed by atoms with Crippen molar-refractivity contribution < 1.29 is 19.4 Å². The molecule has 3 aromatic carbocycles. The summed E-state index contributed by atoms with van der Waals surface area (Å²) in [5, 5.41) is 15.9. The lowest BCUT2D eigenvalue weighted by molar-refractivity contribution is -0.129. The van der Waals surface area contributed by atoms with Crippen LogP contribution < -0.4 is 10.1 Å². The van der Waals surface area contributed by atoms with Crippen molar-refractivity contribution >= 4 is 33.4 Å². The molecule has 1 aliphatic rings. The van der Waals surface area contributed by atoms with Crippen molar-refractivity contribution in [2.75, 3.05) is 13.2 Å². The Hall–Kier alpha value is -3.85. The minimum atomic E-state index is -1.38. The van der Waals surface area contributed by atoms with Crippen molar-refractivity contribution in [2.45, 2.75) is 44.4 Å². The molecule has 1 aliphatic heterocycles. The summed E-state index contributed by atoms with van der Waals surface area (Å²) < 4.78 is 13.1. The van der Waals surface area contributed by atoms with E-state index in [0.29, 0.717) is 41.5 Å². The third kappa shape index (κ3) is 6.60. The van der Waals surface area contributed by atoms with Crippen LogP contribution in [0, 0.1) is 0 Å². The Morgan fingerprint density at radius 1 is 1.18 bits per heavy atom. The molecule has 9 nitrogen and oxygen atoms in total. The Bertz CT molecular complexity index is 1370. The van der Waals surface area contributed by atoms with Gasteiger partial charge in [-0.05, 0) is 61.3 Å². The summed E-state index contributed by atoms with van der Waals surface area (Å²) in [6.45, 7) is 4.24. The van der Waals surface area contributed by atoms with Crippen LogP contribution in [0.15, 0.2) is 87.4 Å². The minimum Gasteiger partial charge on any atom is -0.494 e. The van der Waals surface area contributed by atoms with Crippen molar-refractivity contribution in [3.63, 3.8) is 0 Å². The topological polar surface area (TPSA) is 129 Å². The van der Waals surface area contributed by atoms with Gasteiger partial charge < -0.3 is 19.9 Å². The smallest absolute Gasteiger partial charge is 0.252 e. The number of azide groups is 1. The van der Waals surface area contributed by atoms with E-state index < -0.39 is 11.6 Å². The molecule has 0 radical (unpaired) electrons. The molecule has 2 N–H and O–H groups in total. The number of hydrogen-bond acceptors (Lipinski definition) is 6. The average molecular weight is 592 g/mol. The number of aliphatic imine (C=N–C) groups is 1. The van der Waals surface area contributed by atoms with Crippen LogP contribution in [0.2, 0.25) is 0 Å². The van der Waals surface area contributed by atoms with Crippen LogP contribution in [0.4, 0.5) is 5.69 Å². The Kier molecular flexibility index (Phi) is 9.24. The van der Waals surface area contributed by atoms with Gasteiger partial charge in [0.15, 0.2) is 11.6 Å². The molecule has 1 heterocycles. The van der Waals surface area contributed by atoms with Crippen LogP contribution in [-0.4, -0.2) is 41.7 Å². The van der Waals surface area contributed by atoms with Gasteiger partial charge in [0.2, 0.25) is 5.90 Å². The number of carbonyl (C=O) groups excluding carboxylic acids is 1. The fourth-order valence-electron chi connectivity index (χ4n) is 4.41. The normalized spacial score (nSPS) is 18.2. The number of amides is 1. The fraction of sp³-hybridized carbons (Fsp3) is 0.310. The van der Waals surface area contributed by atoms with Gasteiger partial charge in [0, 0.05) is 51.7 Å². The molecule has 0 spiro atoms. The number of rotatable bonds is 11. The molecule has 0 bridgehead atoms. The lowest BCUT2D eigenvalue weighted by atomic mass is 9.81. The van der Waals surface area contributed by atoms with E-state index in [0.717, 1.165) is 10.0 Å². The number of hydrogen-bond donors (Lipinski definition) is 2. The summed E-state index contributed by atoms with van der Waals surface area (Å²) in [5.41, 5.74) is 10.3. The lowest BCUT2D eigenvalue weighted by Gasteiger charge is -2.32. The number of benzene rings is 3. The first kappa shape index (κ1) is 28.2. The first-order valence-corrected chi connectivity index (χ1v) is 13.5. The summed E-state index contributed by atoms with van der Waals surface area (Å²) in [4.78, 5) is 22.0. The zero-order chi connectivity index (χ0) is 27.8. The highest BCUT2D eigenvalue weighted by Crippen LogP contribution is 2.45. The second-order valence-corrected chi connectivity index (χ2v) is 10.4. The van der Waals surface area contributed by atoms with Crippen molar-refractivity contribution in [3.8, 4) is 5.75 Å². The van der Waals surface area contributed by atoms with Gasteiger partial charge in [-0.3, -0.25) is 4.79 Å². The van der Waals surface area contributed by atoms with Gasteiger partial charge in [-0.2, -0.15) is 0 Å². The molecule has 4 rings (SSSR count). The zero-order valence-corrected chi connectivity index (χ0v) is 23.3. The molecule has 0 unspecified atom stereocenters. The Morgan fingerprint density at radius 3 is 2.56 bits per heavy atom. The summed E-state index contributed by atoms with van der Waals surface area (Å²) in [6, 6.07) is 21.9. The minimum absolute atomic E-state index is 0.0559. The number of halogens is 1. The predicted molar refractivity (Wildman–Crippen MR) is 153 cm³/mol. The van der Waals surface area contributed by atoms with Gasteiger partial charge in [-0.1, -0.05) is 57.4 Å². The van der Waals surface area contributed by atoms with Crippen LogP contribution in [0.5, 0.6) is 5.75 Å². The Labute approximate surface area is 235 Å². The number of aliphatic hydroxyl groups is 1. The molecule has 0 fully saturated rings. The van der Waals surface area contributed by atoms with E-state index in [1.807, 2.05) is 56.3 Å². The molecule has 2 atom stereocenters. The van der Waals surface area contributed by atoms with Crippen molar-refractivity contribution in [1.82, 2.24) is 5.32 Å². The van der Waals surface area contributed by atoms with E-state index in [1.54, 1.807) is 30.3 Å². The standard InChI is InChI=1S/C29H30BrN5O4/c1-19(2)32-28(37)29(18-20-8-12-22(30)13-9-20)26(24-6-3-4-7-25(24)34-35-31)39-27(33-29)21-10-14-23(15-11-21)38-17-5-16-36/h3-4,6-15,19,26,36H,5,16-18H2,1-2H3,(H,32,37)/t26-,29-/m1/s1. The lowest BCUT2D eigenvalue weighted by Crippen LogP contribution is -2.51. The monoisotopic (exact) mass is 591 g/mol. The molecule has 0 saturated heterocycles. The van der Waals surface area contributed by atoms with Gasteiger partial charge in [-0.15, -0.1) is 0 Å². The SMILES string of the molecule is CC(C)NC(=O)[C@]1(Cc2ccc(Br)cc2)N=C(c2ccc(OCCCO)cc2)O[C@@H]1c1ccccc1N=[N+]=[N-]. The van der Waals surface area contributed by atoms with Crippen molar-refractivity contribution in [3.05, 3.63) is 104 Å². The highest BCUT2D eigenvalue weighted by Gasteiger charge is 2.53. The molecule has 0 aliphatic carbocycles. The summed E-state index contributed by atoms with van der Waals surface area (Å²) in [7, 11) is 0. The van der Waals surface area contributed by atoms with Crippen molar-refractivity contribution in [2.24, 2.45) is 10.1 Å². The Balaban J connectivity index is 1.83. The third-order valence-corrected chi connectivity index (χ3v) is 6.74. The summed E-state index contributed by atoms with van der Waals surface area (Å²) in [6.07, 6.45) is -0.0788. The maximum atomic E-state index is 14.0. The van der Waals surface area contributed by atoms with E-state index in [9.17, 15) is 10.3 Å². The first-order chi connectivity index (χ1) is 18.9. The molecule has 3 aromatic rings. The van der Waals surface area contributed by atoms with E-state index in [2.05, 4.69) is 31.3 Å². The third-order valence-electron chi connectivity index (χ3n) is 6.21. The van der Waals surface area contributed by atoms with Crippen LogP contribution in [0.3, 0.4) is 0 Å². The van der Waals surface area contributed by atoms with E-state index in [4.69, 9.17) is 19.6 Å². The van der Waals surface area contributed by atoms with Crippen LogP contribution >= 0.6 is 15.9 Å². The summed E-state index contributed by atoms with van der Waals surface area (Å²) in [5.74, 6) is 0.656. The first-order valence-electron chi connectivity index (χ1n) is 12.7. The summed E-state index contributed by atoms with van der Waals surface area (Å²) >= 11 is 3.47. The molecule has 0 saturated carbocycles. The maximum Gasteiger partial charge on any atom is 0.252 e. The van der Waals surface area contributed by atoms with E-state index >= 15 is 0 Å². The number of nitrogens with zero attached hydrogens (tertiary/aromatic N) is 4. The highest BCUT2D eigenvalue weighted by atomic mass is 79.9. The largest absolute Gasteiger partial charge is 0.494 e.